The number of carbonyl (C=O) groups excluding carboxylic acids is 1. The van der Waals surface area contributed by atoms with Gasteiger partial charge in [0.05, 0.1) is 18.7 Å². The monoisotopic (exact) mass is 483 g/mol. The quantitative estimate of drug-likeness (QED) is 0.274. The van der Waals surface area contributed by atoms with Crippen molar-refractivity contribution in [3.05, 3.63) is 96.3 Å². The van der Waals surface area contributed by atoms with E-state index in [4.69, 9.17) is 10.1 Å². The van der Waals surface area contributed by atoms with E-state index in [0.29, 0.717) is 11.4 Å². The molecule has 8 heteroatoms. The number of nitrogens with zero attached hydrogens (tertiary/aromatic N) is 3. The molecule has 0 saturated carbocycles. The van der Waals surface area contributed by atoms with Gasteiger partial charge in [-0.15, -0.1) is 0 Å². The van der Waals surface area contributed by atoms with Gasteiger partial charge in [-0.1, -0.05) is 61.9 Å². The van der Waals surface area contributed by atoms with Crippen LogP contribution in [0.5, 0.6) is 0 Å². The first-order chi connectivity index (χ1) is 17.5. The Balaban J connectivity index is 1.46. The minimum Gasteiger partial charge on any atom is -0.481 e. The van der Waals surface area contributed by atoms with Crippen molar-refractivity contribution in [1.82, 2.24) is 20.1 Å². The van der Waals surface area contributed by atoms with Gasteiger partial charge >= 0.3 is 5.97 Å². The van der Waals surface area contributed by atoms with Gasteiger partial charge in [-0.2, -0.15) is 5.10 Å². The van der Waals surface area contributed by atoms with Crippen molar-refractivity contribution in [2.45, 2.75) is 32.2 Å². The molecule has 1 amide bonds. The van der Waals surface area contributed by atoms with Crippen molar-refractivity contribution in [3.8, 4) is 16.9 Å². The molecule has 0 aliphatic heterocycles. The second-order valence-electron chi connectivity index (χ2n) is 8.43. The smallest absolute Gasteiger partial charge is 0.305 e. The molecule has 4 aromatic rings. The van der Waals surface area contributed by atoms with E-state index in [9.17, 15) is 9.59 Å². The maximum atomic E-state index is 12.3. The molecule has 184 valence electrons. The highest BCUT2D eigenvalue weighted by Crippen LogP contribution is 2.25. The Hall–Kier alpha value is -4.46. The number of amides is 1. The first-order valence-electron chi connectivity index (χ1n) is 12.0. The summed E-state index contributed by atoms with van der Waals surface area (Å²) < 4.78 is 1.76. The maximum absolute atomic E-state index is 12.3. The zero-order valence-corrected chi connectivity index (χ0v) is 20.1. The summed E-state index contributed by atoms with van der Waals surface area (Å²) in [5.74, 6) is 0.219. The fourth-order valence-corrected chi connectivity index (χ4v) is 3.90. The van der Waals surface area contributed by atoms with E-state index in [-0.39, 0.29) is 24.9 Å². The number of rotatable bonds is 11. The van der Waals surface area contributed by atoms with Gasteiger partial charge < -0.3 is 15.7 Å². The van der Waals surface area contributed by atoms with Crippen molar-refractivity contribution in [3.63, 3.8) is 0 Å². The lowest BCUT2D eigenvalue weighted by Gasteiger charge is -2.20. The molecular weight excluding hydrogens is 454 g/mol. The summed E-state index contributed by atoms with van der Waals surface area (Å²) in [6.45, 7) is 2.22. The number of pyridine rings is 1. The zero-order chi connectivity index (χ0) is 25.3. The van der Waals surface area contributed by atoms with Crippen LogP contribution in [-0.4, -0.2) is 38.3 Å². The van der Waals surface area contributed by atoms with E-state index >= 15 is 0 Å². The topological polar surface area (TPSA) is 109 Å². The summed E-state index contributed by atoms with van der Waals surface area (Å²) in [5, 5.41) is 19.4. The van der Waals surface area contributed by atoms with E-state index in [1.54, 1.807) is 16.8 Å². The van der Waals surface area contributed by atoms with Crippen molar-refractivity contribution in [2.75, 3.05) is 11.9 Å². The van der Waals surface area contributed by atoms with Gasteiger partial charge in [-0.25, -0.2) is 9.67 Å². The molecular formula is C28H29N5O3. The van der Waals surface area contributed by atoms with Gasteiger partial charge in [-0.05, 0) is 41.8 Å². The molecule has 2 aromatic heterocycles. The highest BCUT2D eigenvalue weighted by molar-refractivity contribution is 5.94. The van der Waals surface area contributed by atoms with Crippen molar-refractivity contribution >= 4 is 17.7 Å². The molecule has 2 aromatic carbocycles. The number of hydrogen-bond acceptors (Lipinski definition) is 5. The van der Waals surface area contributed by atoms with Gasteiger partial charge in [0.2, 0.25) is 0 Å². The highest BCUT2D eigenvalue weighted by atomic mass is 16.4. The van der Waals surface area contributed by atoms with E-state index in [0.717, 1.165) is 35.3 Å². The summed E-state index contributed by atoms with van der Waals surface area (Å²) in [7, 11) is 0. The van der Waals surface area contributed by atoms with Gasteiger partial charge in [-0.3, -0.25) is 9.59 Å². The SMILES string of the molecule is CCCC(Nc1cccc(-n2cc(-c3ccccc3)cn2)n1)c1ccc(C(=O)NCCC(=O)O)cc1. The van der Waals surface area contributed by atoms with Crippen LogP contribution in [0.1, 0.15) is 48.1 Å². The molecule has 0 radical (unpaired) electrons. The van der Waals surface area contributed by atoms with Gasteiger partial charge in [0.25, 0.3) is 5.91 Å². The molecule has 4 rings (SSSR count). The minimum absolute atomic E-state index is 0.0133. The van der Waals surface area contributed by atoms with Crippen LogP contribution in [0.4, 0.5) is 5.82 Å². The summed E-state index contributed by atoms with van der Waals surface area (Å²) >= 11 is 0. The number of aliphatic carboxylic acids is 1. The normalized spacial score (nSPS) is 11.6. The Morgan fingerprint density at radius 2 is 1.75 bits per heavy atom. The summed E-state index contributed by atoms with van der Waals surface area (Å²) in [4.78, 5) is 27.7. The lowest BCUT2D eigenvalue weighted by molar-refractivity contribution is -0.136. The van der Waals surface area contributed by atoms with Crippen LogP contribution in [0.3, 0.4) is 0 Å². The molecule has 0 aliphatic rings. The standard InChI is InChI=1S/C28H29N5O3/c1-2-7-24(21-12-14-22(15-13-21)28(36)29-17-16-27(34)35)31-25-10-6-11-26(32-25)33-19-23(18-30-33)20-8-4-3-5-9-20/h3-6,8-15,18-19,24H,2,7,16-17H2,1H3,(H,29,36)(H,31,32)(H,34,35). The third-order valence-electron chi connectivity index (χ3n) is 5.76. The predicted molar refractivity (Wildman–Crippen MR) is 139 cm³/mol. The first-order valence-corrected chi connectivity index (χ1v) is 12.0. The van der Waals surface area contributed by atoms with Crippen molar-refractivity contribution in [1.29, 1.82) is 0 Å². The molecule has 0 aliphatic carbocycles. The van der Waals surface area contributed by atoms with Crippen molar-refractivity contribution < 1.29 is 14.7 Å². The van der Waals surface area contributed by atoms with Gasteiger partial charge in [0.1, 0.15) is 5.82 Å². The van der Waals surface area contributed by atoms with E-state index in [2.05, 4.69) is 22.7 Å². The Kier molecular flexibility index (Phi) is 8.08. The molecule has 36 heavy (non-hydrogen) atoms. The molecule has 0 saturated heterocycles. The lowest BCUT2D eigenvalue weighted by Crippen LogP contribution is -2.26. The number of aromatic nitrogens is 3. The van der Waals surface area contributed by atoms with E-state index < -0.39 is 5.97 Å². The number of carbonyl (C=O) groups is 2. The molecule has 1 unspecified atom stereocenters. The summed E-state index contributed by atoms with van der Waals surface area (Å²) in [6.07, 6.45) is 5.54. The number of carboxylic acids is 1. The number of anilines is 1. The second-order valence-corrected chi connectivity index (χ2v) is 8.43. The Morgan fingerprint density at radius 3 is 2.47 bits per heavy atom. The third-order valence-corrected chi connectivity index (χ3v) is 5.76. The van der Waals surface area contributed by atoms with Crippen LogP contribution in [0.25, 0.3) is 16.9 Å². The first kappa shape index (κ1) is 24.7. The average Bonchev–Trinajstić information content (AvgIpc) is 3.40. The Morgan fingerprint density at radius 1 is 0.972 bits per heavy atom. The molecule has 1 atom stereocenters. The Bertz CT molecular complexity index is 1300. The second kappa shape index (κ2) is 11.8. The minimum atomic E-state index is -0.944. The van der Waals surface area contributed by atoms with Gasteiger partial charge in [0, 0.05) is 23.9 Å². The fourth-order valence-electron chi connectivity index (χ4n) is 3.90. The van der Waals surface area contributed by atoms with E-state index in [1.165, 1.54) is 0 Å². The maximum Gasteiger partial charge on any atom is 0.305 e. The van der Waals surface area contributed by atoms with Crippen molar-refractivity contribution in [2.24, 2.45) is 0 Å². The Labute approximate surface area is 210 Å². The molecule has 2 heterocycles. The van der Waals surface area contributed by atoms with Crippen LogP contribution in [0.2, 0.25) is 0 Å². The van der Waals surface area contributed by atoms with Crippen LogP contribution in [0.15, 0.2) is 85.2 Å². The average molecular weight is 484 g/mol. The number of benzene rings is 2. The third kappa shape index (κ3) is 6.35. The lowest BCUT2D eigenvalue weighted by atomic mass is 10.0. The van der Waals surface area contributed by atoms with Crippen LogP contribution in [-0.2, 0) is 4.79 Å². The highest BCUT2D eigenvalue weighted by Gasteiger charge is 2.14. The predicted octanol–water partition coefficient (Wildman–Crippen LogP) is 5.09. The zero-order valence-electron chi connectivity index (χ0n) is 20.1. The fraction of sp³-hybridized carbons (Fsp3) is 0.214. The molecule has 0 fully saturated rings. The van der Waals surface area contributed by atoms with Gasteiger partial charge in [0.15, 0.2) is 5.82 Å². The molecule has 8 nitrogen and oxygen atoms in total. The summed E-state index contributed by atoms with van der Waals surface area (Å²) in [6, 6.07) is 23.2. The number of carboxylic acid groups (broad SMARTS) is 1. The number of nitrogens with one attached hydrogen (secondary N) is 2. The molecule has 0 spiro atoms. The van der Waals surface area contributed by atoms with Crippen LogP contribution in [0, 0.1) is 0 Å². The van der Waals surface area contributed by atoms with Crippen LogP contribution < -0.4 is 10.6 Å². The molecule has 3 N–H and O–H groups in total. The van der Waals surface area contributed by atoms with Crippen LogP contribution >= 0.6 is 0 Å². The molecule has 0 bridgehead atoms. The summed E-state index contributed by atoms with van der Waals surface area (Å²) in [5.41, 5.74) is 3.65. The van der Waals surface area contributed by atoms with E-state index in [1.807, 2.05) is 73.1 Å². The number of hydrogen-bond donors (Lipinski definition) is 3. The largest absolute Gasteiger partial charge is 0.481 e.